The lowest BCUT2D eigenvalue weighted by atomic mass is 10.4. The Bertz CT molecular complexity index is 1530. The number of hydrogen-bond donors (Lipinski definition) is 3. The Balaban J connectivity index is 0.000000274. The average Bonchev–Trinajstić information content (AvgIpc) is 3.82. The highest BCUT2D eigenvalue weighted by Crippen LogP contribution is 2.15. The number of aromatic amines is 3. The molecule has 10 nitrogen and oxygen atoms in total. The lowest BCUT2D eigenvalue weighted by Crippen LogP contribution is -1.86. The molecule has 2 unspecified atom stereocenters. The Morgan fingerprint density at radius 3 is 1.86 bits per heavy atom. The summed E-state index contributed by atoms with van der Waals surface area (Å²) in [7, 11) is 10.7. The summed E-state index contributed by atoms with van der Waals surface area (Å²) in [6.45, 7) is 3.76. The van der Waals surface area contributed by atoms with E-state index in [2.05, 4.69) is 80.6 Å². The van der Waals surface area contributed by atoms with Crippen molar-refractivity contribution in [3.05, 3.63) is 71.3 Å². The number of H-pyrrole nitrogens is 3. The molecular weight excluding hydrogens is 663 g/mol. The SMILES string of the molecule is C.C1CCOC1.Cc1ncc2c(F)c[nH]c2n1.Clc1ncc2cc[nH]c2n1.Fc1c[nH]c2nc(Cl)ncc12.[P-2]P.[PH-]P. The van der Waals surface area contributed by atoms with Crippen LogP contribution in [0.1, 0.15) is 26.1 Å². The van der Waals surface area contributed by atoms with Gasteiger partial charge in [-0.15, -0.1) is 0 Å². The van der Waals surface area contributed by atoms with Gasteiger partial charge in [-0.05, 0) is 49.0 Å². The first-order valence-electron chi connectivity index (χ1n) is 11.6. The highest BCUT2D eigenvalue weighted by atomic mass is 35.5. The molecule has 0 bridgehead atoms. The molecule has 0 radical (unpaired) electrons. The zero-order valence-corrected chi connectivity index (χ0v) is 27.3. The van der Waals surface area contributed by atoms with Crippen LogP contribution in [0.3, 0.4) is 0 Å². The molecule has 7 rings (SSSR count). The molecule has 6 aromatic heterocycles. The van der Waals surface area contributed by atoms with E-state index >= 15 is 0 Å². The fraction of sp³-hybridized carbons (Fsp3) is 0.250. The van der Waals surface area contributed by atoms with Crippen LogP contribution in [0.25, 0.3) is 33.1 Å². The second-order valence-electron chi connectivity index (χ2n) is 7.59. The fourth-order valence-corrected chi connectivity index (χ4v) is 3.41. The van der Waals surface area contributed by atoms with E-state index in [9.17, 15) is 8.78 Å². The van der Waals surface area contributed by atoms with Crippen molar-refractivity contribution < 1.29 is 13.5 Å². The third-order valence-electron chi connectivity index (χ3n) is 4.95. The minimum Gasteiger partial charge on any atom is -1.46 e. The number of fused-ring (bicyclic) bond motifs is 3. The van der Waals surface area contributed by atoms with Gasteiger partial charge in [0.05, 0.1) is 10.8 Å². The Hall–Kier alpha value is -2.02. The van der Waals surface area contributed by atoms with Crippen LogP contribution < -0.4 is 0 Å². The molecule has 7 heterocycles. The van der Waals surface area contributed by atoms with Crippen LogP contribution in [0.2, 0.25) is 10.6 Å². The molecule has 1 fully saturated rings. The summed E-state index contributed by atoms with van der Waals surface area (Å²) in [5, 5.41) is 2.16. The van der Waals surface area contributed by atoms with Crippen LogP contribution in [0.15, 0.2) is 43.2 Å². The van der Waals surface area contributed by atoms with E-state index in [1.54, 1.807) is 19.3 Å². The third kappa shape index (κ3) is 11.9. The summed E-state index contributed by atoms with van der Waals surface area (Å²) in [5.41, 5.74) is 1.75. The molecule has 3 N–H and O–H groups in total. The summed E-state index contributed by atoms with van der Waals surface area (Å²) < 4.78 is 30.4. The number of aryl methyl sites for hydroxylation is 1. The van der Waals surface area contributed by atoms with Crippen molar-refractivity contribution in [2.75, 3.05) is 13.2 Å². The van der Waals surface area contributed by atoms with Crippen LogP contribution in [0.5, 0.6) is 0 Å². The lowest BCUT2D eigenvalue weighted by Gasteiger charge is -2.09. The first kappa shape index (κ1) is 38.0. The maximum absolute atomic E-state index is 12.8. The fourth-order valence-electron chi connectivity index (χ4n) is 3.15. The Morgan fingerprint density at radius 1 is 0.810 bits per heavy atom. The third-order valence-corrected chi connectivity index (χ3v) is 5.32. The first-order chi connectivity index (χ1) is 19.9. The van der Waals surface area contributed by atoms with Crippen molar-refractivity contribution >= 4 is 92.0 Å². The number of rotatable bonds is 0. The lowest BCUT2D eigenvalue weighted by molar-refractivity contribution is 0.198. The first-order valence-corrected chi connectivity index (χ1v) is 16.7. The molecular formula is C24H30Cl2F2N9OP4-3. The van der Waals surface area contributed by atoms with Gasteiger partial charge < -0.3 is 55.4 Å². The van der Waals surface area contributed by atoms with Gasteiger partial charge in [-0.1, -0.05) is 7.43 Å². The molecule has 0 aromatic carbocycles. The maximum atomic E-state index is 12.8. The van der Waals surface area contributed by atoms with Gasteiger partial charge in [-0.25, -0.2) is 28.7 Å². The van der Waals surface area contributed by atoms with Crippen LogP contribution in [-0.2, 0) is 4.74 Å². The predicted molar refractivity (Wildman–Crippen MR) is 178 cm³/mol. The normalized spacial score (nSPS) is 11.3. The molecule has 0 amide bonds. The van der Waals surface area contributed by atoms with E-state index in [-0.39, 0.29) is 29.6 Å². The van der Waals surface area contributed by atoms with Crippen LogP contribution >= 0.6 is 58.9 Å². The standard InChI is InChI=1S/C7H6FN3.C6H3ClFN3.C6H4ClN3.C4H8O.CH4.H3P2.H2P2/c1-4-9-2-5-6(8)3-10-7(5)11-4;7-6-10-1-3-4(8)2-9-5(3)11-6;7-6-9-3-4-1-2-8-5(4)10-6;1-2-4-5-3-1;;2*1-2/h2-3H,1H3,(H,9,10,11);1-2H,(H,9,10,11);1-3H,(H,8,9,10);1-4H2;1H4;1H,2H2;1H2/q;;;;;-1;-2. The molecule has 0 aliphatic carbocycles. The van der Waals surface area contributed by atoms with Gasteiger partial charge in [-0.3, -0.25) is 0 Å². The molecule has 6 aromatic rings. The van der Waals surface area contributed by atoms with Crippen molar-refractivity contribution in [2.24, 2.45) is 0 Å². The topological polar surface area (TPSA) is 134 Å². The number of aromatic nitrogens is 9. The molecule has 2 atom stereocenters. The number of nitrogens with zero attached hydrogens (tertiary/aromatic N) is 6. The Morgan fingerprint density at radius 2 is 1.31 bits per heavy atom. The van der Waals surface area contributed by atoms with E-state index in [1.807, 2.05) is 6.07 Å². The highest BCUT2D eigenvalue weighted by Gasteiger charge is 2.04. The largest absolute Gasteiger partial charge is 1.46 e. The zero-order chi connectivity index (χ0) is 30.2. The van der Waals surface area contributed by atoms with Crippen LogP contribution in [-0.4, -0.2) is 58.1 Å². The molecule has 1 aliphatic rings. The zero-order valence-electron chi connectivity index (χ0n) is 21.6. The summed E-state index contributed by atoms with van der Waals surface area (Å²) in [4.78, 5) is 31.2. The molecule has 1 saturated heterocycles. The van der Waals surface area contributed by atoms with Crippen molar-refractivity contribution in [1.29, 1.82) is 0 Å². The predicted octanol–water partition coefficient (Wildman–Crippen LogP) is 8.31. The van der Waals surface area contributed by atoms with E-state index < -0.39 is 0 Å². The number of ether oxygens (including phenoxy) is 1. The van der Waals surface area contributed by atoms with Gasteiger partial charge >= 0.3 is 0 Å². The summed E-state index contributed by atoms with van der Waals surface area (Å²) in [6.07, 6.45) is 11.4. The van der Waals surface area contributed by atoms with Gasteiger partial charge in [0, 0.05) is 55.8 Å². The van der Waals surface area contributed by atoms with Crippen LogP contribution in [0, 0.1) is 18.6 Å². The minimum atomic E-state index is -0.364. The monoisotopic (exact) mass is 692 g/mol. The molecule has 0 spiro atoms. The quantitative estimate of drug-likeness (QED) is 0.108. The van der Waals surface area contributed by atoms with E-state index in [0.717, 1.165) is 24.2 Å². The second-order valence-corrected chi connectivity index (χ2v) is 8.27. The van der Waals surface area contributed by atoms with E-state index in [0.29, 0.717) is 27.9 Å². The van der Waals surface area contributed by atoms with Gasteiger partial charge in [0.25, 0.3) is 0 Å². The van der Waals surface area contributed by atoms with Crippen molar-refractivity contribution in [1.82, 2.24) is 44.9 Å². The smallest absolute Gasteiger partial charge is 0.224 e. The Kier molecular flexibility index (Phi) is 18.8. The maximum Gasteiger partial charge on any atom is 0.224 e. The average molecular weight is 693 g/mol. The minimum absolute atomic E-state index is 0. The second kappa shape index (κ2) is 20.8. The van der Waals surface area contributed by atoms with Crippen molar-refractivity contribution in [3.8, 4) is 0 Å². The summed E-state index contributed by atoms with van der Waals surface area (Å²) in [6, 6.07) is 1.89. The number of halogens is 4. The summed E-state index contributed by atoms with van der Waals surface area (Å²) in [5.74, 6) is -0.0315. The van der Waals surface area contributed by atoms with Crippen molar-refractivity contribution in [3.63, 3.8) is 0 Å². The van der Waals surface area contributed by atoms with Gasteiger partial charge in [0.15, 0.2) is 11.6 Å². The van der Waals surface area contributed by atoms with Gasteiger partial charge in [0.1, 0.15) is 22.8 Å². The van der Waals surface area contributed by atoms with E-state index in [1.165, 1.54) is 37.6 Å². The highest BCUT2D eigenvalue weighted by molar-refractivity contribution is 7.92. The van der Waals surface area contributed by atoms with E-state index in [4.69, 9.17) is 27.9 Å². The molecule has 1 aliphatic heterocycles. The number of nitrogens with one attached hydrogen (secondary N) is 3. The molecule has 228 valence electrons. The van der Waals surface area contributed by atoms with Gasteiger partial charge in [-0.2, -0.15) is 9.97 Å². The Labute approximate surface area is 261 Å². The number of hydrogen-bond acceptors (Lipinski definition) is 7. The van der Waals surface area contributed by atoms with Gasteiger partial charge in [0.2, 0.25) is 10.6 Å². The molecule has 18 heteroatoms. The molecule has 42 heavy (non-hydrogen) atoms. The van der Waals surface area contributed by atoms with Crippen molar-refractivity contribution in [2.45, 2.75) is 27.2 Å². The summed E-state index contributed by atoms with van der Waals surface area (Å²) >= 11 is 11.0. The van der Waals surface area contributed by atoms with Crippen LogP contribution in [0.4, 0.5) is 8.78 Å². The molecule has 0 saturated carbocycles.